The van der Waals surface area contributed by atoms with Crippen molar-refractivity contribution in [3.05, 3.63) is 54.1 Å². The summed E-state index contributed by atoms with van der Waals surface area (Å²) in [7, 11) is 0. The Morgan fingerprint density at radius 1 is 1.17 bits per heavy atom. The van der Waals surface area contributed by atoms with Crippen molar-refractivity contribution in [2.24, 2.45) is 0 Å². The Bertz CT molecular complexity index is 725. The Hall–Kier alpha value is -2.82. The number of carbonyl (C=O) groups excluding carboxylic acids is 2. The van der Waals surface area contributed by atoms with E-state index < -0.39 is 0 Å². The molecule has 5 heteroatoms. The highest BCUT2D eigenvalue weighted by Crippen LogP contribution is 2.31. The molecule has 0 atom stereocenters. The van der Waals surface area contributed by atoms with Crippen LogP contribution in [0, 0.1) is 0 Å². The van der Waals surface area contributed by atoms with Crippen molar-refractivity contribution in [1.29, 1.82) is 0 Å². The number of para-hydroxylation sites is 2. The minimum absolute atomic E-state index is 0.0330. The molecule has 5 nitrogen and oxygen atoms in total. The van der Waals surface area contributed by atoms with Crippen LogP contribution in [0.1, 0.15) is 12.5 Å². The van der Waals surface area contributed by atoms with E-state index in [4.69, 9.17) is 4.74 Å². The minimum Gasteiger partial charge on any atom is -0.482 e. The van der Waals surface area contributed by atoms with Crippen molar-refractivity contribution in [3.8, 4) is 5.75 Å². The van der Waals surface area contributed by atoms with Crippen LogP contribution in [-0.4, -0.2) is 25.0 Å². The number of benzene rings is 2. The van der Waals surface area contributed by atoms with Gasteiger partial charge in [-0.2, -0.15) is 0 Å². The number of hydrogen-bond donors (Lipinski definition) is 1. The zero-order valence-electron chi connectivity index (χ0n) is 12.9. The number of carbonyl (C=O) groups is 2. The van der Waals surface area contributed by atoms with Crippen LogP contribution in [0.15, 0.2) is 48.5 Å². The first-order valence-electron chi connectivity index (χ1n) is 7.58. The third-order valence-electron chi connectivity index (χ3n) is 3.76. The topological polar surface area (TPSA) is 58.6 Å². The van der Waals surface area contributed by atoms with E-state index in [1.54, 1.807) is 12.1 Å². The van der Waals surface area contributed by atoms with Crippen LogP contribution >= 0.6 is 0 Å². The molecule has 118 valence electrons. The van der Waals surface area contributed by atoms with Crippen LogP contribution < -0.4 is 15.0 Å². The van der Waals surface area contributed by atoms with Gasteiger partial charge in [0.2, 0.25) is 5.91 Å². The number of rotatable bonds is 4. The lowest BCUT2D eigenvalue weighted by Crippen LogP contribution is -2.43. The summed E-state index contributed by atoms with van der Waals surface area (Å²) in [4.78, 5) is 25.7. The van der Waals surface area contributed by atoms with Gasteiger partial charge in [0.05, 0.1) is 5.69 Å². The summed E-state index contributed by atoms with van der Waals surface area (Å²) in [5.74, 6) is 0.159. The molecule has 0 bridgehead atoms. The number of nitrogens with one attached hydrogen (secondary N) is 1. The number of aryl methyl sites for hydroxylation is 1. The smallest absolute Gasteiger partial charge is 0.265 e. The van der Waals surface area contributed by atoms with Gasteiger partial charge in [-0.25, -0.2) is 0 Å². The fourth-order valence-corrected chi connectivity index (χ4v) is 2.50. The summed E-state index contributed by atoms with van der Waals surface area (Å²) in [6.07, 6.45) is 0.952. The molecule has 0 aliphatic carbocycles. The maximum atomic E-state index is 12.2. The number of fused-ring (bicyclic) bond motifs is 1. The summed E-state index contributed by atoms with van der Waals surface area (Å²) in [6, 6.07) is 14.9. The lowest BCUT2D eigenvalue weighted by Gasteiger charge is -2.28. The van der Waals surface area contributed by atoms with Crippen LogP contribution in [0.25, 0.3) is 0 Å². The van der Waals surface area contributed by atoms with E-state index in [9.17, 15) is 9.59 Å². The lowest BCUT2D eigenvalue weighted by molar-refractivity contribution is -0.123. The molecule has 0 saturated carbocycles. The molecule has 2 aromatic carbocycles. The second-order valence-corrected chi connectivity index (χ2v) is 5.33. The molecular formula is C18H18N2O3. The predicted molar refractivity (Wildman–Crippen MR) is 88.7 cm³/mol. The van der Waals surface area contributed by atoms with E-state index >= 15 is 0 Å². The fourth-order valence-electron chi connectivity index (χ4n) is 2.50. The van der Waals surface area contributed by atoms with Gasteiger partial charge >= 0.3 is 0 Å². The molecule has 0 aromatic heterocycles. The molecular weight excluding hydrogens is 292 g/mol. The van der Waals surface area contributed by atoms with Gasteiger partial charge in [0, 0.05) is 5.69 Å². The first kappa shape index (κ1) is 15.1. The molecule has 2 aromatic rings. The van der Waals surface area contributed by atoms with Crippen molar-refractivity contribution >= 4 is 23.2 Å². The summed E-state index contributed by atoms with van der Waals surface area (Å²) in [5.41, 5.74) is 2.56. The van der Waals surface area contributed by atoms with E-state index in [1.165, 1.54) is 10.5 Å². The van der Waals surface area contributed by atoms with Crippen molar-refractivity contribution in [2.75, 3.05) is 23.4 Å². The van der Waals surface area contributed by atoms with Crippen molar-refractivity contribution in [1.82, 2.24) is 0 Å². The van der Waals surface area contributed by atoms with Gasteiger partial charge in [0.25, 0.3) is 5.91 Å². The molecule has 0 spiro atoms. The highest BCUT2D eigenvalue weighted by Gasteiger charge is 2.26. The first-order chi connectivity index (χ1) is 11.2. The van der Waals surface area contributed by atoms with Gasteiger partial charge in [-0.15, -0.1) is 0 Å². The fraction of sp³-hybridized carbons (Fsp3) is 0.222. The molecule has 1 aliphatic rings. The maximum absolute atomic E-state index is 12.2. The number of anilines is 2. The maximum Gasteiger partial charge on any atom is 0.265 e. The molecule has 1 heterocycles. The molecule has 0 saturated heterocycles. The number of amides is 2. The van der Waals surface area contributed by atoms with E-state index in [0.717, 1.165) is 12.1 Å². The highest BCUT2D eigenvalue weighted by atomic mass is 16.5. The predicted octanol–water partition coefficient (Wildman–Crippen LogP) is 2.61. The molecule has 23 heavy (non-hydrogen) atoms. The van der Waals surface area contributed by atoms with E-state index in [0.29, 0.717) is 11.4 Å². The average Bonchev–Trinajstić information content (AvgIpc) is 2.58. The Morgan fingerprint density at radius 2 is 1.91 bits per heavy atom. The molecule has 1 N–H and O–H groups in total. The van der Waals surface area contributed by atoms with Gasteiger partial charge in [0.1, 0.15) is 12.3 Å². The third-order valence-corrected chi connectivity index (χ3v) is 3.76. The number of ether oxygens (including phenoxy) is 1. The zero-order chi connectivity index (χ0) is 16.2. The largest absolute Gasteiger partial charge is 0.482 e. The molecule has 1 aliphatic heterocycles. The monoisotopic (exact) mass is 310 g/mol. The van der Waals surface area contributed by atoms with Crippen LogP contribution in [0.5, 0.6) is 5.75 Å². The molecule has 3 rings (SSSR count). The Kier molecular flexibility index (Phi) is 4.28. The Morgan fingerprint density at radius 3 is 2.65 bits per heavy atom. The van der Waals surface area contributed by atoms with E-state index in [2.05, 4.69) is 12.2 Å². The molecule has 0 fully saturated rings. The number of hydrogen-bond acceptors (Lipinski definition) is 3. The minimum atomic E-state index is -0.237. The van der Waals surface area contributed by atoms with Gasteiger partial charge in [-0.1, -0.05) is 31.2 Å². The quantitative estimate of drug-likeness (QED) is 0.944. The highest BCUT2D eigenvalue weighted by molar-refractivity contribution is 6.04. The van der Waals surface area contributed by atoms with Crippen molar-refractivity contribution in [2.45, 2.75) is 13.3 Å². The Labute approximate surface area is 134 Å². The standard InChI is InChI=1S/C18H18N2O3/c1-2-13-7-9-14(10-8-13)19-17(21)11-20-15-5-3-4-6-16(15)23-12-18(20)22/h3-10H,2,11-12H2,1H3,(H,19,21). The summed E-state index contributed by atoms with van der Waals surface area (Å²) >= 11 is 0. The summed E-state index contributed by atoms with van der Waals surface area (Å²) < 4.78 is 5.37. The average molecular weight is 310 g/mol. The second kappa shape index (κ2) is 6.52. The van der Waals surface area contributed by atoms with Crippen molar-refractivity contribution in [3.63, 3.8) is 0 Å². The molecule has 2 amide bonds. The zero-order valence-corrected chi connectivity index (χ0v) is 12.9. The summed E-state index contributed by atoms with van der Waals surface area (Å²) in [6.45, 7) is 2.00. The summed E-state index contributed by atoms with van der Waals surface area (Å²) in [5, 5.41) is 2.82. The lowest BCUT2D eigenvalue weighted by atomic mass is 10.1. The SMILES string of the molecule is CCc1ccc(NC(=O)CN2C(=O)COc3ccccc32)cc1. The van der Waals surface area contributed by atoms with E-state index in [-0.39, 0.29) is 25.0 Å². The van der Waals surface area contributed by atoms with Crippen LogP contribution in [0.2, 0.25) is 0 Å². The van der Waals surface area contributed by atoms with Crippen LogP contribution in [0.3, 0.4) is 0 Å². The van der Waals surface area contributed by atoms with E-state index in [1.807, 2.05) is 36.4 Å². The van der Waals surface area contributed by atoms with Gasteiger partial charge in [0.15, 0.2) is 6.61 Å². The van der Waals surface area contributed by atoms with Crippen LogP contribution in [-0.2, 0) is 16.0 Å². The van der Waals surface area contributed by atoms with Gasteiger partial charge < -0.3 is 10.1 Å². The normalized spacial score (nSPS) is 13.3. The van der Waals surface area contributed by atoms with Gasteiger partial charge in [-0.3, -0.25) is 14.5 Å². The first-order valence-corrected chi connectivity index (χ1v) is 7.58. The van der Waals surface area contributed by atoms with Crippen molar-refractivity contribution < 1.29 is 14.3 Å². The van der Waals surface area contributed by atoms with Gasteiger partial charge in [-0.05, 0) is 36.2 Å². The number of nitrogens with zero attached hydrogens (tertiary/aromatic N) is 1. The van der Waals surface area contributed by atoms with Crippen LogP contribution in [0.4, 0.5) is 11.4 Å². The second-order valence-electron chi connectivity index (χ2n) is 5.33. The molecule has 0 unspecified atom stereocenters. The molecule has 0 radical (unpaired) electrons. The Balaban J connectivity index is 1.71. The third kappa shape index (κ3) is 3.34.